The molecule has 0 fully saturated rings. The maximum Gasteiger partial charge on any atom is 0.515 e. The molecule has 0 saturated heterocycles. The third kappa shape index (κ3) is 7.57. The van der Waals surface area contributed by atoms with Crippen molar-refractivity contribution in [2.75, 3.05) is 12.0 Å². The Kier molecular flexibility index (Phi) is 9.53. The minimum absolute atomic E-state index is 0.0108. The van der Waals surface area contributed by atoms with Crippen molar-refractivity contribution in [3.63, 3.8) is 0 Å². The summed E-state index contributed by atoms with van der Waals surface area (Å²) in [6, 6.07) is 16.0. The number of hydrogen-bond acceptors (Lipinski definition) is 3. The fourth-order valence-corrected chi connectivity index (χ4v) is 4.68. The lowest BCUT2D eigenvalue weighted by atomic mass is 9.79. The van der Waals surface area contributed by atoms with Crippen LogP contribution >= 0.6 is 0 Å². The predicted octanol–water partition coefficient (Wildman–Crippen LogP) is 5.63. The lowest BCUT2D eigenvalue weighted by Gasteiger charge is -2.17. The van der Waals surface area contributed by atoms with Gasteiger partial charge in [0.1, 0.15) is 33.6 Å². The van der Waals surface area contributed by atoms with E-state index < -0.39 is 51.5 Å². The summed E-state index contributed by atoms with van der Waals surface area (Å²) in [7, 11) is -2.44. The number of ketones is 2. The van der Waals surface area contributed by atoms with Gasteiger partial charge in [0.05, 0.1) is 0 Å². The number of Topliss-reactive ketones (excluding diaryl/α,β-unsaturated/α-hetero) is 2. The predicted molar refractivity (Wildman–Crippen MR) is 124 cm³/mol. The van der Waals surface area contributed by atoms with Crippen LogP contribution in [0.5, 0.6) is 0 Å². The average molecular weight is 550 g/mol. The lowest BCUT2D eigenvalue weighted by molar-refractivity contribution is -0.116. The summed E-state index contributed by atoms with van der Waals surface area (Å²) in [5.41, 5.74) is -1.27. The van der Waals surface area contributed by atoms with Crippen LogP contribution in [0.3, 0.4) is 0 Å². The Bertz CT molecular complexity index is 1310. The summed E-state index contributed by atoms with van der Waals surface area (Å²) in [6.45, 7) is -4.77. The molecule has 0 heterocycles. The van der Waals surface area contributed by atoms with Crippen molar-refractivity contribution in [3.05, 3.63) is 94.8 Å². The quantitative estimate of drug-likeness (QED) is 0.0958. The van der Waals surface area contributed by atoms with Crippen LogP contribution in [0.25, 0.3) is 0 Å². The molecule has 0 bridgehead atoms. The van der Waals surface area contributed by atoms with E-state index in [1.807, 2.05) is 6.07 Å². The van der Waals surface area contributed by atoms with E-state index >= 15 is 0 Å². The molecule has 0 aliphatic heterocycles. The van der Waals surface area contributed by atoms with Gasteiger partial charge in [0, 0.05) is 12.0 Å². The number of rotatable bonds is 7. The second-order valence-corrected chi connectivity index (χ2v) is 10.8. The molecule has 37 heavy (non-hydrogen) atoms. The highest BCUT2D eigenvalue weighted by Gasteiger charge is 2.38. The van der Waals surface area contributed by atoms with E-state index in [1.54, 1.807) is 54.8 Å². The highest BCUT2D eigenvalue weighted by molar-refractivity contribution is 8.03. The Balaban J connectivity index is 0.000000281. The molecule has 3 aromatic rings. The van der Waals surface area contributed by atoms with Gasteiger partial charge >= 0.3 is 6.98 Å². The van der Waals surface area contributed by atoms with E-state index in [4.69, 9.17) is 0 Å². The van der Waals surface area contributed by atoms with E-state index in [2.05, 4.69) is 0 Å². The van der Waals surface area contributed by atoms with Gasteiger partial charge in [0.25, 0.3) is 0 Å². The molecule has 198 valence electrons. The zero-order valence-corrected chi connectivity index (χ0v) is 20.2. The Labute approximate surface area is 208 Å². The molecular weight excluding hydrogens is 531 g/mol. The first-order valence-corrected chi connectivity index (χ1v) is 12.5. The van der Waals surface area contributed by atoms with Crippen LogP contribution in [0.15, 0.2) is 59.5 Å². The standard InChI is InChI=1S/C18H19O3S.C6BF8/c1-14(19)12-15-8-10-17(11-9-15)22(2,21)13-18(20)16-6-4-3-5-7-16;8-2-1(7(13,14)15)3(9)5(11)6(12)4(2)10/h3-11H,12-13H2,1-2H3;/q+1;-1. The van der Waals surface area contributed by atoms with E-state index in [1.165, 1.54) is 6.92 Å². The molecule has 3 rings (SSSR count). The summed E-state index contributed by atoms with van der Waals surface area (Å²) in [5, 5.41) is 0. The van der Waals surface area contributed by atoms with Crippen LogP contribution < -0.4 is 5.46 Å². The van der Waals surface area contributed by atoms with Crippen molar-refractivity contribution in [1.29, 1.82) is 0 Å². The van der Waals surface area contributed by atoms with Crippen LogP contribution in [0.2, 0.25) is 0 Å². The monoisotopic (exact) mass is 550 g/mol. The van der Waals surface area contributed by atoms with Crippen LogP contribution in [0, 0.1) is 29.1 Å². The summed E-state index contributed by atoms with van der Waals surface area (Å²) in [5.74, 6) is -13.6. The Hall–Kier alpha value is -3.35. The number of carbonyl (C=O) groups is 2. The topological polar surface area (TPSA) is 51.2 Å². The smallest absolute Gasteiger partial charge is 0.445 e. The molecule has 13 heteroatoms. The number of benzene rings is 3. The molecule has 0 N–H and O–H groups in total. The number of hydrogen-bond donors (Lipinski definition) is 0. The van der Waals surface area contributed by atoms with Crippen molar-refractivity contribution in [2.24, 2.45) is 0 Å². The minimum atomic E-state index is -6.30. The van der Waals surface area contributed by atoms with Crippen LogP contribution in [-0.4, -0.2) is 30.6 Å². The summed E-state index contributed by atoms with van der Waals surface area (Å²) in [4.78, 5) is 24.0. The highest BCUT2D eigenvalue weighted by Crippen LogP contribution is 2.22. The number of carbonyl (C=O) groups excluding carboxylic acids is 2. The van der Waals surface area contributed by atoms with Crippen LogP contribution in [0.4, 0.5) is 34.9 Å². The molecule has 0 saturated carbocycles. The van der Waals surface area contributed by atoms with E-state index in [-0.39, 0.29) is 17.3 Å². The summed E-state index contributed by atoms with van der Waals surface area (Å²) in [6.07, 6.45) is 1.97. The fourth-order valence-electron chi connectivity index (χ4n) is 3.13. The molecule has 1 atom stereocenters. The molecule has 0 radical (unpaired) electrons. The summed E-state index contributed by atoms with van der Waals surface area (Å²) >= 11 is 0. The first kappa shape index (κ1) is 29.9. The van der Waals surface area contributed by atoms with Gasteiger partial charge in [-0.1, -0.05) is 46.7 Å². The molecule has 0 aromatic heterocycles. The highest BCUT2D eigenvalue weighted by atomic mass is 32.2. The molecule has 0 aliphatic rings. The van der Waals surface area contributed by atoms with Crippen LogP contribution in [-0.2, 0) is 25.4 Å². The van der Waals surface area contributed by atoms with Crippen molar-refractivity contribution in [1.82, 2.24) is 0 Å². The molecular formula is C24H19BF8O3S. The van der Waals surface area contributed by atoms with E-state index in [0.717, 1.165) is 5.56 Å². The van der Waals surface area contributed by atoms with Crippen molar-refractivity contribution in [3.8, 4) is 0 Å². The largest absolute Gasteiger partial charge is 0.515 e. The van der Waals surface area contributed by atoms with E-state index in [0.29, 0.717) is 16.9 Å². The average Bonchev–Trinajstić information content (AvgIpc) is 2.81. The van der Waals surface area contributed by atoms with Gasteiger partial charge < -0.3 is 12.9 Å². The van der Waals surface area contributed by atoms with Crippen molar-refractivity contribution in [2.45, 2.75) is 18.2 Å². The van der Waals surface area contributed by atoms with Crippen molar-refractivity contribution < 1.29 is 48.7 Å². The van der Waals surface area contributed by atoms with Crippen LogP contribution in [0.1, 0.15) is 22.8 Å². The minimum Gasteiger partial charge on any atom is -0.445 e. The van der Waals surface area contributed by atoms with Gasteiger partial charge in [0.2, 0.25) is 5.78 Å². The molecule has 1 unspecified atom stereocenters. The van der Waals surface area contributed by atoms with E-state index in [9.17, 15) is 48.7 Å². The third-order valence-corrected chi connectivity index (χ3v) is 7.03. The Morgan fingerprint density at radius 1 is 0.757 bits per heavy atom. The third-order valence-electron chi connectivity index (χ3n) is 4.95. The Morgan fingerprint density at radius 2 is 1.22 bits per heavy atom. The van der Waals surface area contributed by atoms with Gasteiger partial charge in [-0.15, -0.1) is 0 Å². The SMILES string of the molecule is CC(=O)Cc1ccc([S+](C)(=O)CC(=O)c2ccccc2)cc1.Fc1c(F)c(F)c([B-](F)(F)F)c(F)c1F. The molecule has 0 aliphatic carbocycles. The second kappa shape index (κ2) is 11.8. The zero-order valence-electron chi connectivity index (χ0n) is 19.3. The number of halogens is 8. The summed E-state index contributed by atoms with van der Waals surface area (Å²) < 4.78 is 110. The molecule has 0 amide bonds. The lowest BCUT2D eigenvalue weighted by Crippen LogP contribution is -2.41. The van der Waals surface area contributed by atoms with Gasteiger partial charge in [-0.25, -0.2) is 22.0 Å². The molecule has 3 aromatic carbocycles. The molecule has 3 nitrogen and oxygen atoms in total. The Morgan fingerprint density at radius 3 is 1.65 bits per heavy atom. The maximum absolute atomic E-state index is 12.8. The first-order chi connectivity index (χ1) is 17.1. The van der Waals surface area contributed by atoms with Crippen molar-refractivity contribution >= 4 is 33.9 Å². The fraction of sp³-hybridized carbons (Fsp3) is 0.167. The second-order valence-electron chi connectivity index (χ2n) is 8.02. The maximum atomic E-state index is 12.8. The van der Waals surface area contributed by atoms with Gasteiger partial charge in [0.15, 0.2) is 28.1 Å². The normalized spacial score (nSPS) is 12.8. The van der Waals surface area contributed by atoms with Gasteiger partial charge in [-0.2, -0.15) is 0 Å². The first-order valence-electron chi connectivity index (χ1n) is 10.4. The zero-order chi connectivity index (χ0) is 28.1. The van der Waals surface area contributed by atoms with Gasteiger partial charge in [-0.3, -0.25) is 9.59 Å². The van der Waals surface area contributed by atoms with Gasteiger partial charge in [-0.05, 0) is 30.1 Å². The molecule has 0 spiro atoms.